The van der Waals surface area contributed by atoms with Gasteiger partial charge in [-0.05, 0) is 13.3 Å². The van der Waals surface area contributed by atoms with Gasteiger partial charge < -0.3 is 20.3 Å². The maximum atomic E-state index is 11.8. The quantitative estimate of drug-likeness (QED) is 0.409. The average Bonchev–Trinajstić information content (AvgIpc) is 2.88. The number of amides is 1. The first kappa shape index (κ1) is 20.5. The topological polar surface area (TPSA) is 83.8 Å². The van der Waals surface area contributed by atoms with Gasteiger partial charge in [0.1, 0.15) is 0 Å². The van der Waals surface area contributed by atoms with Crippen LogP contribution in [0.1, 0.15) is 25.1 Å². The zero-order chi connectivity index (χ0) is 19.0. The lowest BCUT2D eigenvalue weighted by Gasteiger charge is -2.15. The van der Waals surface area contributed by atoms with Crippen molar-refractivity contribution in [2.24, 2.45) is 12.0 Å². The van der Waals surface area contributed by atoms with Crippen LogP contribution < -0.4 is 15.4 Å². The van der Waals surface area contributed by atoms with Crippen LogP contribution in [0.5, 0.6) is 5.88 Å². The van der Waals surface area contributed by atoms with E-state index < -0.39 is 0 Å². The largest absolute Gasteiger partial charge is 0.481 e. The van der Waals surface area contributed by atoms with Crippen LogP contribution in [0.25, 0.3) is 0 Å². The molecule has 0 atom stereocenters. The third-order valence-corrected chi connectivity index (χ3v) is 3.56. The predicted octanol–water partition coefficient (Wildman–Crippen LogP) is 0.691. The first-order valence-corrected chi connectivity index (χ1v) is 8.25. The van der Waals surface area contributed by atoms with Crippen LogP contribution in [0.4, 0.5) is 0 Å². The number of aromatic nitrogens is 2. The van der Waals surface area contributed by atoms with Gasteiger partial charge in [-0.1, -0.05) is 19.1 Å². The lowest BCUT2D eigenvalue weighted by Crippen LogP contribution is -2.43. The standard InChI is InChI=1S/C17H30N6O2/c1-8-14-13(16(25-7)23(6)21-14)10-19-17(18-9-12(2)3)20-11-15(24)22(4)5/h2,8-11H2,1,3-7H3,(H2,18,19,20). The van der Waals surface area contributed by atoms with E-state index in [0.29, 0.717) is 24.9 Å². The third kappa shape index (κ3) is 6.13. The average molecular weight is 350 g/mol. The lowest BCUT2D eigenvalue weighted by atomic mass is 10.2. The van der Waals surface area contributed by atoms with E-state index in [4.69, 9.17) is 4.74 Å². The van der Waals surface area contributed by atoms with E-state index in [0.717, 1.165) is 23.3 Å². The Kier molecular flexibility index (Phi) is 7.97. The first-order chi connectivity index (χ1) is 11.8. The maximum absolute atomic E-state index is 11.8. The molecule has 0 saturated carbocycles. The summed E-state index contributed by atoms with van der Waals surface area (Å²) in [6, 6.07) is 0. The van der Waals surface area contributed by atoms with Gasteiger partial charge in [0.15, 0.2) is 5.96 Å². The number of carbonyl (C=O) groups excluding carboxylic acids is 1. The molecular formula is C17H30N6O2. The Balaban J connectivity index is 2.93. The van der Waals surface area contributed by atoms with Crippen molar-refractivity contribution in [2.75, 3.05) is 34.3 Å². The van der Waals surface area contributed by atoms with Gasteiger partial charge in [0.2, 0.25) is 11.8 Å². The van der Waals surface area contributed by atoms with Crippen LogP contribution in [0.3, 0.4) is 0 Å². The van der Waals surface area contributed by atoms with Crippen molar-refractivity contribution in [3.8, 4) is 5.88 Å². The number of methoxy groups -OCH3 is 1. The number of nitrogens with zero attached hydrogens (tertiary/aromatic N) is 4. The van der Waals surface area contributed by atoms with E-state index in [1.807, 2.05) is 20.9 Å². The molecule has 25 heavy (non-hydrogen) atoms. The SMILES string of the molecule is C=C(C)CNC(=NCc1c(CC)nn(C)c1OC)NCC(=O)N(C)C. The number of aliphatic imine (C=N–C) groups is 1. The number of nitrogens with one attached hydrogen (secondary N) is 2. The minimum atomic E-state index is -0.0296. The summed E-state index contributed by atoms with van der Waals surface area (Å²) in [4.78, 5) is 17.9. The predicted molar refractivity (Wildman–Crippen MR) is 99.8 cm³/mol. The second kappa shape index (κ2) is 9.71. The van der Waals surface area contributed by atoms with Crippen molar-refractivity contribution < 1.29 is 9.53 Å². The Hall–Kier alpha value is -2.51. The lowest BCUT2D eigenvalue weighted by molar-refractivity contribution is -0.127. The van der Waals surface area contributed by atoms with E-state index in [9.17, 15) is 4.79 Å². The fraction of sp³-hybridized carbons (Fsp3) is 0.588. The molecule has 2 N–H and O–H groups in total. The van der Waals surface area contributed by atoms with Crippen molar-refractivity contribution in [1.82, 2.24) is 25.3 Å². The number of ether oxygens (including phenoxy) is 1. The highest BCUT2D eigenvalue weighted by Gasteiger charge is 2.15. The summed E-state index contributed by atoms with van der Waals surface area (Å²) in [7, 11) is 6.91. The normalized spacial score (nSPS) is 11.2. The molecule has 0 radical (unpaired) electrons. The van der Waals surface area contributed by atoms with Crippen LogP contribution in [-0.4, -0.2) is 60.8 Å². The summed E-state index contributed by atoms with van der Waals surface area (Å²) in [6.45, 7) is 8.99. The highest BCUT2D eigenvalue weighted by Crippen LogP contribution is 2.22. The van der Waals surface area contributed by atoms with E-state index in [1.54, 1.807) is 25.9 Å². The number of likely N-dealkylation sites (N-methyl/N-ethyl adjacent to an activating group) is 1. The molecule has 0 aromatic carbocycles. The molecule has 0 spiro atoms. The van der Waals surface area contributed by atoms with Gasteiger partial charge in [-0.25, -0.2) is 9.67 Å². The van der Waals surface area contributed by atoms with E-state index >= 15 is 0 Å². The number of aryl methyl sites for hydroxylation is 2. The second-order valence-corrected chi connectivity index (χ2v) is 6.03. The molecule has 0 unspecified atom stereocenters. The van der Waals surface area contributed by atoms with Gasteiger partial charge in [0.05, 0.1) is 31.5 Å². The van der Waals surface area contributed by atoms with Gasteiger partial charge in [-0.3, -0.25) is 4.79 Å². The molecule has 1 aromatic heterocycles. The Morgan fingerprint density at radius 2 is 2.00 bits per heavy atom. The molecule has 8 heteroatoms. The minimum Gasteiger partial charge on any atom is -0.481 e. The van der Waals surface area contributed by atoms with E-state index in [-0.39, 0.29) is 12.5 Å². The third-order valence-electron chi connectivity index (χ3n) is 3.56. The summed E-state index contributed by atoms with van der Waals surface area (Å²) in [5, 5.41) is 10.7. The number of hydrogen-bond acceptors (Lipinski definition) is 4. The molecule has 1 heterocycles. The molecular weight excluding hydrogens is 320 g/mol. The molecule has 0 saturated heterocycles. The number of carbonyl (C=O) groups is 1. The highest BCUT2D eigenvalue weighted by atomic mass is 16.5. The zero-order valence-electron chi connectivity index (χ0n) is 16.1. The van der Waals surface area contributed by atoms with Crippen molar-refractivity contribution in [3.63, 3.8) is 0 Å². The summed E-state index contributed by atoms with van der Waals surface area (Å²) in [5.74, 6) is 1.22. The molecule has 1 amide bonds. The van der Waals surface area contributed by atoms with Crippen LogP contribution >= 0.6 is 0 Å². The Morgan fingerprint density at radius 1 is 1.36 bits per heavy atom. The summed E-state index contributed by atoms with van der Waals surface area (Å²) < 4.78 is 7.15. The van der Waals surface area contributed by atoms with Crippen molar-refractivity contribution in [3.05, 3.63) is 23.4 Å². The smallest absolute Gasteiger partial charge is 0.241 e. The van der Waals surface area contributed by atoms with Crippen molar-refractivity contribution >= 4 is 11.9 Å². The van der Waals surface area contributed by atoms with Gasteiger partial charge >= 0.3 is 0 Å². The first-order valence-electron chi connectivity index (χ1n) is 8.25. The van der Waals surface area contributed by atoms with Crippen LogP contribution in [0.15, 0.2) is 17.1 Å². The minimum absolute atomic E-state index is 0.0296. The number of hydrogen-bond donors (Lipinski definition) is 2. The van der Waals surface area contributed by atoms with Crippen molar-refractivity contribution in [2.45, 2.75) is 26.8 Å². The molecule has 8 nitrogen and oxygen atoms in total. The molecule has 140 valence electrons. The van der Waals surface area contributed by atoms with Gasteiger partial charge in [-0.15, -0.1) is 0 Å². The monoisotopic (exact) mass is 350 g/mol. The molecule has 0 aliphatic carbocycles. The molecule has 0 bridgehead atoms. The van der Waals surface area contributed by atoms with Crippen LogP contribution in [-0.2, 0) is 24.8 Å². The van der Waals surface area contributed by atoms with Gasteiger partial charge in [0.25, 0.3) is 0 Å². The zero-order valence-corrected chi connectivity index (χ0v) is 16.1. The number of rotatable bonds is 8. The van der Waals surface area contributed by atoms with E-state index in [2.05, 4.69) is 27.3 Å². The van der Waals surface area contributed by atoms with Crippen LogP contribution in [0.2, 0.25) is 0 Å². The fourth-order valence-corrected chi connectivity index (χ4v) is 2.19. The van der Waals surface area contributed by atoms with E-state index in [1.165, 1.54) is 4.90 Å². The van der Waals surface area contributed by atoms with Crippen molar-refractivity contribution in [1.29, 1.82) is 0 Å². The Bertz CT molecular complexity index is 633. The number of guanidine groups is 1. The molecule has 1 rings (SSSR count). The Morgan fingerprint density at radius 3 is 2.52 bits per heavy atom. The summed E-state index contributed by atoms with van der Waals surface area (Å²) in [6.07, 6.45) is 0.795. The fourth-order valence-electron chi connectivity index (χ4n) is 2.19. The van der Waals surface area contributed by atoms with Gasteiger partial charge in [-0.2, -0.15) is 5.10 Å². The molecule has 0 aliphatic rings. The maximum Gasteiger partial charge on any atom is 0.241 e. The Labute approximate surface area is 149 Å². The molecule has 1 aromatic rings. The molecule has 0 aliphatic heterocycles. The molecule has 0 fully saturated rings. The van der Waals surface area contributed by atoms with Gasteiger partial charge in [0, 0.05) is 27.7 Å². The highest BCUT2D eigenvalue weighted by molar-refractivity contribution is 5.86. The second-order valence-electron chi connectivity index (χ2n) is 6.03. The summed E-state index contributed by atoms with van der Waals surface area (Å²) in [5.41, 5.74) is 2.87. The van der Waals surface area contributed by atoms with Crippen LogP contribution in [0, 0.1) is 0 Å². The summed E-state index contributed by atoms with van der Waals surface area (Å²) >= 11 is 0.